The van der Waals surface area contributed by atoms with Crippen LogP contribution < -0.4 is 14.2 Å². The molecule has 7 nitrogen and oxygen atoms in total. The molecular weight excluding hydrogens is 430 g/mol. The summed E-state index contributed by atoms with van der Waals surface area (Å²) in [6.07, 6.45) is 14.1. The van der Waals surface area contributed by atoms with Crippen LogP contribution in [0.15, 0.2) is 41.8 Å². The maximum absolute atomic E-state index is 6.06. The molecule has 0 bridgehead atoms. The minimum absolute atomic E-state index is 0.397. The second-order valence-electron chi connectivity index (χ2n) is 8.20. The molecule has 1 aromatic carbocycles. The third-order valence-electron chi connectivity index (χ3n) is 5.31. The molecule has 2 rings (SSSR count). The van der Waals surface area contributed by atoms with Crippen molar-refractivity contribution in [1.82, 2.24) is 9.97 Å². The monoisotopic (exact) mass is 469 g/mol. The van der Waals surface area contributed by atoms with E-state index in [1.807, 2.05) is 38.1 Å². The van der Waals surface area contributed by atoms with Gasteiger partial charge in [-0.15, -0.1) is 0 Å². The number of allylic oxidation sites excluding steroid dienone is 1. The normalized spacial score (nSPS) is 11.6. The van der Waals surface area contributed by atoms with Gasteiger partial charge in [-0.25, -0.2) is 9.97 Å². The van der Waals surface area contributed by atoms with Crippen molar-refractivity contribution in [2.24, 2.45) is 5.16 Å². The third kappa shape index (κ3) is 9.81. The van der Waals surface area contributed by atoms with E-state index in [9.17, 15) is 0 Å². The van der Waals surface area contributed by atoms with Crippen LogP contribution in [0, 0.1) is 13.8 Å². The first-order valence-electron chi connectivity index (χ1n) is 12.1. The summed E-state index contributed by atoms with van der Waals surface area (Å²) in [6, 6.07) is 4.49. The zero-order chi connectivity index (χ0) is 24.6. The molecule has 7 heteroatoms. The van der Waals surface area contributed by atoms with Crippen LogP contribution in [0.5, 0.6) is 17.5 Å². The first-order chi connectivity index (χ1) is 16.5. The quantitative estimate of drug-likeness (QED) is 0.126. The number of hydrogen-bond donors (Lipinski definition) is 0. The highest BCUT2D eigenvalue weighted by molar-refractivity contribution is 5.97. The van der Waals surface area contributed by atoms with Crippen LogP contribution in [0.25, 0.3) is 0 Å². The van der Waals surface area contributed by atoms with Crippen LogP contribution >= 0.6 is 0 Å². The lowest BCUT2D eigenvalue weighted by atomic mass is 10.1. The van der Waals surface area contributed by atoms with Gasteiger partial charge in [0.1, 0.15) is 25.2 Å². The summed E-state index contributed by atoms with van der Waals surface area (Å²) < 4.78 is 17.4. The second-order valence-corrected chi connectivity index (χ2v) is 8.20. The molecule has 1 aromatic heterocycles. The molecule has 0 saturated heterocycles. The largest absolute Gasteiger partial charge is 0.493 e. The average molecular weight is 470 g/mol. The Morgan fingerprint density at radius 2 is 1.47 bits per heavy atom. The molecule has 0 aliphatic carbocycles. The minimum Gasteiger partial charge on any atom is -0.493 e. The number of aromatic nitrogens is 2. The number of nitrogens with zero attached hydrogens (tertiary/aromatic N) is 3. The topological polar surface area (TPSA) is 75.1 Å². The Morgan fingerprint density at radius 1 is 0.882 bits per heavy atom. The summed E-state index contributed by atoms with van der Waals surface area (Å²) in [5.74, 6) is 1.87. The molecular formula is C27H39N3O4. The van der Waals surface area contributed by atoms with Gasteiger partial charge in [0.25, 0.3) is 0 Å². The predicted octanol–water partition coefficient (Wildman–Crippen LogP) is 6.22. The number of ether oxygens (including phenoxy) is 3. The number of hydrogen-bond acceptors (Lipinski definition) is 7. The summed E-state index contributed by atoms with van der Waals surface area (Å²) in [6.45, 7) is 9.94. The Balaban J connectivity index is 1.54. The second kappa shape index (κ2) is 15.7. The van der Waals surface area contributed by atoms with Crippen molar-refractivity contribution < 1.29 is 19.0 Å². The van der Waals surface area contributed by atoms with Crippen molar-refractivity contribution in [3.05, 3.63) is 53.4 Å². The molecule has 0 N–H and O–H groups in total. The molecule has 1 heterocycles. The van der Waals surface area contributed by atoms with Gasteiger partial charge in [-0.05, 0) is 63.8 Å². The molecule has 0 spiro atoms. The highest BCUT2D eigenvalue weighted by Gasteiger charge is 2.07. The first-order valence-corrected chi connectivity index (χ1v) is 12.1. The van der Waals surface area contributed by atoms with E-state index in [0.717, 1.165) is 66.2 Å². The lowest BCUT2D eigenvalue weighted by Crippen LogP contribution is -2.04. The SMILES string of the molecule is C/C=C/COc1cc(C)c(OCCCCCCCCOc2ncc(/C(C)=N/OC)cn2)c(C)c1. The lowest BCUT2D eigenvalue weighted by Gasteiger charge is -2.14. The maximum Gasteiger partial charge on any atom is 0.316 e. The maximum atomic E-state index is 6.06. The van der Waals surface area contributed by atoms with Crippen LogP contribution in [0.2, 0.25) is 0 Å². The smallest absolute Gasteiger partial charge is 0.316 e. The van der Waals surface area contributed by atoms with Crippen LogP contribution in [-0.2, 0) is 4.84 Å². The standard InChI is InChI=1S/C27H39N3O4/c1-6-7-14-32-25-17-21(2)26(22(3)18-25)33-15-12-10-8-9-11-13-16-34-27-28-19-24(20-29-27)23(4)30-31-5/h6-7,17-20H,8-16H2,1-5H3/b7-6+,30-23+. The fourth-order valence-electron chi connectivity index (χ4n) is 3.48. The number of rotatable bonds is 16. The van der Waals surface area contributed by atoms with Gasteiger partial charge < -0.3 is 19.0 Å². The van der Waals surface area contributed by atoms with Gasteiger partial charge in [0.15, 0.2) is 0 Å². The summed E-state index contributed by atoms with van der Waals surface area (Å²) in [5, 5.41) is 3.87. The number of aryl methyl sites for hydroxylation is 2. The molecule has 0 atom stereocenters. The Morgan fingerprint density at radius 3 is 2.06 bits per heavy atom. The van der Waals surface area contributed by atoms with Gasteiger partial charge in [0.2, 0.25) is 0 Å². The lowest BCUT2D eigenvalue weighted by molar-refractivity contribution is 0.213. The zero-order valence-electron chi connectivity index (χ0n) is 21.3. The van der Waals surface area contributed by atoms with E-state index in [1.165, 1.54) is 20.0 Å². The number of unbranched alkanes of at least 4 members (excludes halogenated alkanes) is 5. The van der Waals surface area contributed by atoms with Crippen molar-refractivity contribution >= 4 is 5.71 Å². The van der Waals surface area contributed by atoms with Gasteiger partial charge in [0, 0.05) is 18.0 Å². The van der Waals surface area contributed by atoms with Crippen molar-refractivity contribution in [3.8, 4) is 17.5 Å². The molecule has 0 saturated carbocycles. The van der Waals surface area contributed by atoms with E-state index in [2.05, 4.69) is 29.0 Å². The fourth-order valence-corrected chi connectivity index (χ4v) is 3.48. The Hall–Kier alpha value is -3.09. The van der Waals surface area contributed by atoms with Crippen molar-refractivity contribution in [3.63, 3.8) is 0 Å². The minimum atomic E-state index is 0.397. The Labute approximate surface area is 204 Å². The third-order valence-corrected chi connectivity index (χ3v) is 5.31. The van der Waals surface area contributed by atoms with Crippen molar-refractivity contribution in [1.29, 1.82) is 0 Å². The van der Waals surface area contributed by atoms with E-state index < -0.39 is 0 Å². The predicted molar refractivity (Wildman–Crippen MR) is 136 cm³/mol. The van der Waals surface area contributed by atoms with Crippen molar-refractivity contribution in [2.75, 3.05) is 26.9 Å². The molecule has 186 valence electrons. The van der Waals surface area contributed by atoms with Gasteiger partial charge in [-0.2, -0.15) is 0 Å². The molecule has 34 heavy (non-hydrogen) atoms. The van der Waals surface area contributed by atoms with Crippen LogP contribution in [-0.4, -0.2) is 42.6 Å². The van der Waals surface area contributed by atoms with Gasteiger partial charge in [-0.3, -0.25) is 0 Å². The first kappa shape index (κ1) is 27.2. The summed E-state index contributed by atoms with van der Waals surface area (Å²) >= 11 is 0. The van der Waals surface area contributed by atoms with Gasteiger partial charge in [-0.1, -0.05) is 43.0 Å². The highest BCUT2D eigenvalue weighted by Crippen LogP contribution is 2.28. The number of oxime groups is 1. The van der Waals surface area contributed by atoms with E-state index in [4.69, 9.17) is 19.0 Å². The number of benzene rings is 1. The Bertz CT molecular complexity index is 888. The molecule has 0 aliphatic rings. The molecule has 0 fully saturated rings. The summed E-state index contributed by atoms with van der Waals surface area (Å²) in [4.78, 5) is 13.2. The fraction of sp³-hybridized carbons (Fsp3) is 0.519. The van der Waals surface area contributed by atoms with E-state index in [1.54, 1.807) is 12.4 Å². The molecule has 2 aromatic rings. The van der Waals surface area contributed by atoms with Crippen molar-refractivity contribution in [2.45, 2.75) is 66.2 Å². The van der Waals surface area contributed by atoms with Crippen LogP contribution in [0.3, 0.4) is 0 Å². The molecule has 0 radical (unpaired) electrons. The van der Waals surface area contributed by atoms with Crippen LogP contribution in [0.1, 0.15) is 69.1 Å². The van der Waals surface area contributed by atoms with E-state index in [-0.39, 0.29) is 0 Å². The summed E-state index contributed by atoms with van der Waals surface area (Å²) in [7, 11) is 1.51. The van der Waals surface area contributed by atoms with E-state index >= 15 is 0 Å². The van der Waals surface area contributed by atoms with E-state index in [0.29, 0.717) is 19.2 Å². The Kier molecular flexibility index (Phi) is 12.5. The highest BCUT2D eigenvalue weighted by atomic mass is 16.6. The average Bonchev–Trinajstić information content (AvgIpc) is 2.82. The molecule has 0 aliphatic heterocycles. The zero-order valence-corrected chi connectivity index (χ0v) is 21.3. The van der Waals surface area contributed by atoms with Crippen LogP contribution in [0.4, 0.5) is 0 Å². The molecule has 0 amide bonds. The molecule has 0 unspecified atom stereocenters. The van der Waals surface area contributed by atoms with Gasteiger partial charge in [0.05, 0.1) is 18.9 Å². The van der Waals surface area contributed by atoms with Gasteiger partial charge >= 0.3 is 6.01 Å². The summed E-state index contributed by atoms with van der Waals surface area (Å²) in [5.41, 5.74) is 3.78.